The highest BCUT2D eigenvalue weighted by molar-refractivity contribution is 5.94. The number of pyridine rings is 1. The van der Waals surface area contributed by atoms with Crippen LogP contribution in [0.3, 0.4) is 0 Å². The van der Waals surface area contributed by atoms with Crippen molar-refractivity contribution >= 4 is 27.8 Å². The number of carbonyl (C=O) groups excluding carboxylic acids is 1. The van der Waals surface area contributed by atoms with E-state index in [1.54, 1.807) is 12.1 Å². The van der Waals surface area contributed by atoms with E-state index >= 15 is 0 Å². The molecule has 0 unspecified atom stereocenters. The van der Waals surface area contributed by atoms with Gasteiger partial charge in [-0.05, 0) is 42.5 Å². The van der Waals surface area contributed by atoms with Crippen LogP contribution in [-0.2, 0) is 22.7 Å². The second-order valence-electron chi connectivity index (χ2n) is 7.63. The summed E-state index contributed by atoms with van der Waals surface area (Å²) in [6.07, 6.45) is 0. The Hall–Kier alpha value is -4.38. The number of esters is 1. The number of aromatic nitrogens is 1. The predicted octanol–water partition coefficient (Wildman–Crippen LogP) is 5.69. The zero-order valence-corrected chi connectivity index (χ0v) is 17.8. The molecule has 5 heteroatoms. The minimum absolute atomic E-state index is 0.0109. The molecule has 0 saturated carbocycles. The van der Waals surface area contributed by atoms with E-state index < -0.39 is 5.97 Å². The Bertz CT molecular complexity index is 1450. The maximum atomic E-state index is 12.9. The van der Waals surface area contributed by atoms with Crippen LogP contribution in [0.15, 0.2) is 108 Å². The summed E-state index contributed by atoms with van der Waals surface area (Å²) in [4.78, 5) is 25.7. The van der Waals surface area contributed by atoms with Crippen molar-refractivity contribution in [3.8, 4) is 11.5 Å². The lowest BCUT2D eigenvalue weighted by molar-refractivity contribution is -0.145. The fourth-order valence-electron chi connectivity index (χ4n) is 3.92. The Balaban J connectivity index is 1.40. The third-order valence-corrected chi connectivity index (χ3v) is 5.50. The lowest BCUT2D eigenvalue weighted by atomic mass is 10.1. The Labute approximate surface area is 190 Å². The Kier molecular flexibility index (Phi) is 5.60. The lowest BCUT2D eigenvalue weighted by Gasteiger charge is -2.15. The third-order valence-electron chi connectivity index (χ3n) is 5.50. The minimum Gasteiger partial charge on any atom is -0.459 e. The van der Waals surface area contributed by atoms with Crippen LogP contribution in [-0.4, -0.2) is 10.5 Å². The van der Waals surface area contributed by atoms with Gasteiger partial charge in [0, 0.05) is 16.3 Å². The minimum atomic E-state index is -0.400. The summed E-state index contributed by atoms with van der Waals surface area (Å²) >= 11 is 0. The van der Waals surface area contributed by atoms with Crippen LogP contribution in [0.4, 0.5) is 0 Å². The van der Waals surface area contributed by atoms with Crippen molar-refractivity contribution in [1.82, 2.24) is 4.57 Å². The maximum absolute atomic E-state index is 12.9. The first-order chi connectivity index (χ1) is 16.2. The van der Waals surface area contributed by atoms with E-state index in [0.717, 1.165) is 5.56 Å². The van der Waals surface area contributed by atoms with Crippen molar-refractivity contribution in [2.45, 2.75) is 13.2 Å². The van der Waals surface area contributed by atoms with E-state index in [4.69, 9.17) is 9.47 Å². The molecule has 33 heavy (non-hydrogen) atoms. The molecule has 0 aliphatic carbocycles. The Morgan fingerprint density at radius 3 is 1.97 bits per heavy atom. The molecular formula is C28H21NO4. The van der Waals surface area contributed by atoms with Crippen molar-refractivity contribution in [1.29, 1.82) is 0 Å². The average Bonchev–Trinajstić information content (AvgIpc) is 2.87. The van der Waals surface area contributed by atoms with Crippen molar-refractivity contribution in [3.05, 3.63) is 119 Å². The van der Waals surface area contributed by atoms with Crippen molar-refractivity contribution < 1.29 is 14.3 Å². The molecule has 1 heterocycles. The molecule has 0 aliphatic heterocycles. The number of fused-ring (bicyclic) bond motifs is 2. The van der Waals surface area contributed by atoms with Gasteiger partial charge in [0.25, 0.3) is 0 Å². The molecule has 0 bridgehead atoms. The fourth-order valence-corrected chi connectivity index (χ4v) is 3.92. The SMILES string of the molecule is O=C(Cn1c2ccccc2c(=O)c2ccccc21)OCc1ccccc1Oc1ccccc1. The Morgan fingerprint density at radius 1 is 0.697 bits per heavy atom. The highest BCUT2D eigenvalue weighted by atomic mass is 16.5. The largest absolute Gasteiger partial charge is 0.459 e. The number of benzene rings is 4. The van der Waals surface area contributed by atoms with E-state index in [1.165, 1.54) is 0 Å². The summed E-state index contributed by atoms with van der Waals surface area (Å²) in [5, 5.41) is 1.15. The summed E-state index contributed by atoms with van der Waals surface area (Å²) in [7, 11) is 0. The van der Waals surface area contributed by atoms with Gasteiger partial charge < -0.3 is 14.0 Å². The second kappa shape index (κ2) is 9.01. The number of hydrogen-bond acceptors (Lipinski definition) is 4. The molecule has 162 valence electrons. The number of hydrogen-bond donors (Lipinski definition) is 0. The van der Waals surface area contributed by atoms with Gasteiger partial charge in [-0.3, -0.25) is 9.59 Å². The summed E-state index contributed by atoms with van der Waals surface area (Å²) in [6, 6.07) is 31.6. The smallest absolute Gasteiger partial charge is 0.326 e. The Morgan fingerprint density at radius 2 is 1.27 bits per heavy atom. The summed E-state index contributed by atoms with van der Waals surface area (Å²) in [5.74, 6) is 0.946. The molecule has 0 aliphatic rings. The zero-order valence-electron chi connectivity index (χ0n) is 17.8. The first kappa shape index (κ1) is 20.5. The average molecular weight is 435 g/mol. The maximum Gasteiger partial charge on any atom is 0.326 e. The molecule has 0 atom stereocenters. The second-order valence-corrected chi connectivity index (χ2v) is 7.63. The highest BCUT2D eigenvalue weighted by Crippen LogP contribution is 2.26. The number of ether oxygens (including phenoxy) is 2. The molecule has 0 amide bonds. The first-order valence-electron chi connectivity index (χ1n) is 10.7. The van der Waals surface area contributed by atoms with E-state index in [-0.39, 0.29) is 18.6 Å². The summed E-state index contributed by atoms with van der Waals surface area (Å²) in [6.45, 7) is 0.0704. The van der Waals surface area contributed by atoms with E-state index in [0.29, 0.717) is 33.3 Å². The van der Waals surface area contributed by atoms with Gasteiger partial charge in [-0.2, -0.15) is 0 Å². The van der Waals surface area contributed by atoms with E-state index in [2.05, 4.69) is 0 Å². The molecule has 1 aromatic heterocycles. The van der Waals surface area contributed by atoms with Crippen LogP contribution in [0.2, 0.25) is 0 Å². The normalized spacial score (nSPS) is 10.9. The van der Waals surface area contributed by atoms with Gasteiger partial charge in [0.1, 0.15) is 24.7 Å². The van der Waals surface area contributed by atoms with Crippen molar-refractivity contribution in [3.63, 3.8) is 0 Å². The predicted molar refractivity (Wildman–Crippen MR) is 128 cm³/mol. The van der Waals surface area contributed by atoms with Crippen LogP contribution in [0.1, 0.15) is 5.56 Å². The molecular weight excluding hydrogens is 414 g/mol. The van der Waals surface area contributed by atoms with Crippen LogP contribution in [0.5, 0.6) is 11.5 Å². The number of carbonyl (C=O) groups is 1. The molecule has 0 saturated heterocycles. The first-order valence-corrected chi connectivity index (χ1v) is 10.7. The van der Waals surface area contributed by atoms with E-state index in [1.807, 2.05) is 95.6 Å². The van der Waals surface area contributed by atoms with Gasteiger partial charge in [-0.25, -0.2) is 0 Å². The highest BCUT2D eigenvalue weighted by Gasteiger charge is 2.14. The zero-order chi connectivity index (χ0) is 22.6. The topological polar surface area (TPSA) is 57.5 Å². The van der Waals surface area contributed by atoms with Gasteiger partial charge in [0.05, 0.1) is 11.0 Å². The summed E-state index contributed by atoms with van der Waals surface area (Å²) < 4.78 is 13.4. The van der Waals surface area contributed by atoms with E-state index in [9.17, 15) is 9.59 Å². The molecule has 0 radical (unpaired) electrons. The lowest BCUT2D eigenvalue weighted by Crippen LogP contribution is -2.18. The summed E-state index contributed by atoms with van der Waals surface area (Å²) in [5.41, 5.74) is 2.12. The molecule has 5 rings (SSSR count). The standard InChI is InChI=1S/C28H21NO4/c30-27(32-19-20-10-4-9-17-26(20)33-21-11-2-1-3-12-21)18-29-24-15-7-5-13-22(24)28(31)23-14-6-8-16-25(23)29/h1-17H,18-19H2. The molecule has 0 spiro atoms. The molecule has 5 nitrogen and oxygen atoms in total. The van der Waals surface area contributed by atoms with Crippen LogP contribution in [0, 0.1) is 0 Å². The van der Waals surface area contributed by atoms with Crippen LogP contribution >= 0.6 is 0 Å². The van der Waals surface area contributed by atoms with Gasteiger partial charge >= 0.3 is 5.97 Å². The molecule has 4 aromatic carbocycles. The van der Waals surface area contributed by atoms with Gasteiger partial charge in [0.2, 0.25) is 0 Å². The van der Waals surface area contributed by atoms with Gasteiger partial charge in [-0.1, -0.05) is 60.7 Å². The molecule has 0 fully saturated rings. The molecule has 5 aromatic rings. The van der Waals surface area contributed by atoms with Crippen molar-refractivity contribution in [2.75, 3.05) is 0 Å². The van der Waals surface area contributed by atoms with Crippen LogP contribution in [0.25, 0.3) is 21.8 Å². The third kappa shape index (κ3) is 4.21. The quantitative estimate of drug-likeness (QED) is 0.254. The number of rotatable bonds is 6. The monoisotopic (exact) mass is 435 g/mol. The molecule has 0 N–H and O–H groups in total. The van der Waals surface area contributed by atoms with Gasteiger partial charge in [-0.15, -0.1) is 0 Å². The van der Waals surface area contributed by atoms with Gasteiger partial charge in [0.15, 0.2) is 5.43 Å². The number of para-hydroxylation sites is 4. The van der Waals surface area contributed by atoms with Crippen molar-refractivity contribution in [2.24, 2.45) is 0 Å². The van der Waals surface area contributed by atoms with Crippen LogP contribution < -0.4 is 10.2 Å². The number of nitrogens with zero attached hydrogens (tertiary/aromatic N) is 1. The fraction of sp³-hybridized carbons (Fsp3) is 0.0714.